The van der Waals surface area contributed by atoms with Gasteiger partial charge >= 0.3 is 0 Å². The quantitative estimate of drug-likeness (QED) is 0.667. The van der Waals surface area contributed by atoms with Gasteiger partial charge in [0.25, 0.3) is 5.91 Å². The molecule has 6 heteroatoms. The lowest BCUT2D eigenvalue weighted by Crippen LogP contribution is -2.41. The van der Waals surface area contributed by atoms with Crippen molar-refractivity contribution in [3.8, 4) is 5.75 Å². The average molecular weight is 364 g/mol. The number of fused-ring (bicyclic) bond motifs is 2. The molecule has 3 N–H and O–H groups in total. The first kappa shape index (κ1) is 17.5. The second-order valence-electron chi connectivity index (χ2n) is 7.47. The van der Waals surface area contributed by atoms with Crippen LogP contribution >= 0.6 is 0 Å². The number of nitrogens with zero attached hydrogens (tertiary/aromatic N) is 1. The number of hydrogen-bond acceptors (Lipinski definition) is 4. The molecule has 0 fully saturated rings. The number of nitrogens with one attached hydrogen (secondary N) is 3. The lowest BCUT2D eigenvalue weighted by atomic mass is 9.95. The molecule has 3 aromatic rings. The summed E-state index contributed by atoms with van der Waals surface area (Å²) in [5.74, 6) is 0.501. The number of carbonyl (C=O) groups is 1. The summed E-state index contributed by atoms with van der Waals surface area (Å²) in [6.45, 7) is 7.98. The molecule has 6 nitrogen and oxygen atoms in total. The third-order valence-corrected chi connectivity index (χ3v) is 5.01. The van der Waals surface area contributed by atoms with E-state index in [4.69, 9.17) is 4.74 Å². The normalized spacial score (nSPS) is 14.3. The minimum Gasteiger partial charge on any atom is -0.491 e. The van der Waals surface area contributed by atoms with E-state index >= 15 is 0 Å². The topological polar surface area (TPSA) is 79.0 Å². The standard InChI is InChI=1S/C21H24N4O2/c1-13-6-4-8-15-17(13)24-25-19(15)21(2,3)23-20(26)16-9-5-7-14-12-22-10-11-27-18(14)16/h4-9,22H,10-12H2,1-3H3,(H,23,26)(H,24,25). The molecule has 1 amide bonds. The molecule has 0 bridgehead atoms. The first-order valence-corrected chi connectivity index (χ1v) is 9.19. The molecular weight excluding hydrogens is 340 g/mol. The molecule has 1 aliphatic rings. The van der Waals surface area contributed by atoms with Crippen molar-refractivity contribution in [2.75, 3.05) is 13.2 Å². The summed E-state index contributed by atoms with van der Waals surface area (Å²) in [7, 11) is 0. The summed E-state index contributed by atoms with van der Waals surface area (Å²) >= 11 is 0. The van der Waals surface area contributed by atoms with E-state index in [1.54, 1.807) is 0 Å². The van der Waals surface area contributed by atoms with Crippen molar-refractivity contribution in [1.82, 2.24) is 20.8 Å². The molecule has 2 aromatic carbocycles. The molecule has 2 heterocycles. The van der Waals surface area contributed by atoms with Crippen molar-refractivity contribution in [3.05, 3.63) is 58.8 Å². The summed E-state index contributed by atoms with van der Waals surface area (Å²) in [4.78, 5) is 13.1. The van der Waals surface area contributed by atoms with Crippen LogP contribution in [0.1, 0.15) is 41.0 Å². The smallest absolute Gasteiger partial charge is 0.255 e. The van der Waals surface area contributed by atoms with Crippen LogP contribution in [0.5, 0.6) is 5.75 Å². The van der Waals surface area contributed by atoms with Crippen molar-refractivity contribution in [2.24, 2.45) is 0 Å². The summed E-state index contributed by atoms with van der Waals surface area (Å²) in [6, 6.07) is 11.8. The van der Waals surface area contributed by atoms with Gasteiger partial charge in [0.05, 0.1) is 22.3 Å². The zero-order chi connectivity index (χ0) is 19.0. The van der Waals surface area contributed by atoms with Gasteiger partial charge in [0, 0.05) is 24.0 Å². The fourth-order valence-electron chi connectivity index (χ4n) is 3.59. The maximum atomic E-state index is 13.1. The van der Waals surface area contributed by atoms with Gasteiger partial charge in [-0.3, -0.25) is 9.89 Å². The summed E-state index contributed by atoms with van der Waals surface area (Å²) < 4.78 is 5.85. The number of benzene rings is 2. The Bertz CT molecular complexity index is 1010. The van der Waals surface area contributed by atoms with E-state index in [2.05, 4.69) is 20.8 Å². The Kier molecular flexibility index (Phi) is 4.36. The van der Waals surface area contributed by atoms with Crippen LogP contribution in [0.25, 0.3) is 10.9 Å². The highest BCUT2D eigenvalue weighted by molar-refractivity contribution is 5.98. The van der Waals surface area contributed by atoms with Gasteiger partial charge in [0.15, 0.2) is 0 Å². The van der Waals surface area contributed by atoms with Crippen molar-refractivity contribution in [2.45, 2.75) is 32.9 Å². The van der Waals surface area contributed by atoms with E-state index in [1.165, 1.54) is 0 Å². The molecule has 0 aliphatic carbocycles. The second-order valence-corrected chi connectivity index (χ2v) is 7.47. The molecule has 0 saturated heterocycles. The molecule has 1 aromatic heterocycles. The fourth-order valence-corrected chi connectivity index (χ4v) is 3.59. The van der Waals surface area contributed by atoms with Crippen LogP contribution in [0.15, 0.2) is 36.4 Å². The Labute approximate surface area is 158 Å². The maximum absolute atomic E-state index is 13.1. The first-order chi connectivity index (χ1) is 13.0. The Balaban J connectivity index is 1.67. The van der Waals surface area contributed by atoms with Gasteiger partial charge in [-0.1, -0.05) is 30.3 Å². The molecule has 0 saturated carbocycles. The lowest BCUT2D eigenvalue weighted by molar-refractivity contribution is 0.0907. The van der Waals surface area contributed by atoms with Gasteiger partial charge in [-0.05, 0) is 32.4 Å². The zero-order valence-electron chi connectivity index (χ0n) is 15.8. The summed E-state index contributed by atoms with van der Waals surface area (Å²) in [5, 5.41) is 15.0. The predicted molar refractivity (Wildman–Crippen MR) is 105 cm³/mol. The third-order valence-electron chi connectivity index (χ3n) is 5.01. The molecule has 0 radical (unpaired) electrons. The predicted octanol–water partition coefficient (Wildman–Crippen LogP) is 3.02. The number of aromatic amines is 1. The fraction of sp³-hybridized carbons (Fsp3) is 0.333. The Morgan fingerprint density at radius 2 is 2.04 bits per heavy atom. The summed E-state index contributed by atoms with van der Waals surface area (Å²) in [5.41, 5.74) is 3.85. The largest absolute Gasteiger partial charge is 0.491 e. The highest BCUT2D eigenvalue weighted by atomic mass is 16.5. The zero-order valence-corrected chi connectivity index (χ0v) is 15.8. The monoisotopic (exact) mass is 364 g/mol. The van der Waals surface area contributed by atoms with Crippen molar-refractivity contribution < 1.29 is 9.53 Å². The van der Waals surface area contributed by atoms with E-state index in [0.29, 0.717) is 24.5 Å². The van der Waals surface area contributed by atoms with Crippen LogP contribution in [0.3, 0.4) is 0 Å². The molecule has 4 rings (SSSR count). The molecule has 0 spiro atoms. The van der Waals surface area contributed by atoms with Gasteiger partial charge in [-0.25, -0.2) is 0 Å². The minimum absolute atomic E-state index is 0.164. The van der Waals surface area contributed by atoms with Crippen LogP contribution in [0.2, 0.25) is 0 Å². The number of amides is 1. The van der Waals surface area contributed by atoms with Crippen molar-refractivity contribution >= 4 is 16.8 Å². The lowest BCUT2D eigenvalue weighted by Gasteiger charge is -2.25. The Morgan fingerprint density at radius 3 is 2.89 bits per heavy atom. The number of para-hydroxylation sites is 2. The third kappa shape index (κ3) is 3.17. The van der Waals surface area contributed by atoms with Crippen LogP contribution in [0.4, 0.5) is 0 Å². The number of aromatic nitrogens is 2. The van der Waals surface area contributed by atoms with Gasteiger partial charge < -0.3 is 15.4 Å². The highest BCUT2D eigenvalue weighted by Crippen LogP contribution is 2.30. The van der Waals surface area contributed by atoms with Gasteiger partial charge in [0.2, 0.25) is 0 Å². The molecule has 1 aliphatic heterocycles. The van der Waals surface area contributed by atoms with E-state index in [0.717, 1.165) is 34.3 Å². The van der Waals surface area contributed by atoms with Crippen molar-refractivity contribution in [1.29, 1.82) is 0 Å². The van der Waals surface area contributed by atoms with E-state index < -0.39 is 5.54 Å². The number of aryl methyl sites for hydroxylation is 1. The number of carbonyl (C=O) groups excluding carboxylic acids is 1. The summed E-state index contributed by atoms with van der Waals surface area (Å²) in [6.07, 6.45) is 0. The van der Waals surface area contributed by atoms with Gasteiger partial charge in [-0.15, -0.1) is 0 Å². The van der Waals surface area contributed by atoms with Crippen LogP contribution in [-0.4, -0.2) is 29.3 Å². The van der Waals surface area contributed by atoms with E-state index in [9.17, 15) is 4.79 Å². The maximum Gasteiger partial charge on any atom is 0.255 e. The number of ether oxygens (including phenoxy) is 1. The van der Waals surface area contributed by atoms with Crippen LogP contribution in [0, 0.1) is 6.92 Å². The SMILES string of the molecule is Cc1cccc2c(C(C)(C)NC(=O)c3cccc4c3OCCNC4)n[nH]c12. The molecular formula is C21H24N4O2. The molecule has 27 heavy (non-hydrogen) atoms. The van der Waals surface area contributed by atoms with Crippen LogP contribution < -0.4 is 15.4 Å². The van der Waals surface area contributed by atoms with E-state index in [-0.39, 0.29) is 5.91 Å². The molecule has 140 valence electrons. The second kappa shape index (κ2) is 6.70. The van der Waals surface area contributed by atoms with Crippen molar-refractivity contribution in [3.63, 3.8) is 0 Å². The van der Waals surface area contributed by atoms with Gasteiger partial charge in [0.1, 0.15) is 12.4 Å². The number of hydrogen-bond donors (Lipinski definition) is 3. The Morgan fingerprint density at radius 1 is 1.22 bits per heavy atom. The highest BCUT2D eigenvalue weighted by Gasteiger charge is 2.30. The molecule has 0 atom stereocenters. The minimum atomic E-state index is -0.644. The first-order valence-electron chi connectivity index (χ1n) is 9.19. The Hall–Kier alpha value is -2.86. The van der Waals surface area contributed by atoms with E-state index in [1.807, 2.05) is 57.2 Å². The van der Waals surface area contributed by atoms with Gasteiger partial charge in [-0.2, -0.15) is 5.10 Å². The average Bonchev–Trinajstić information content (AvgIpc) is 2.94. The molecule has 0 unspecified atom stereocenters. The van der Waals surface area contributed by atoms with Crippen LogP contribution in [-0.2, 0) is 12.1 Å². The number of H-pyrrole nitrogens is 1. The number of rotatable bonds is 3.